The molecule has 6 heteroatoms. The fourth-order valence-corrected chi connectivity index (χ4v) is 1.16. The number of rotatable bonds is 3. The molecule has 0 aromatic carbocycles. The van der Waals surface area contributed by atoms with Gasteiger partial charge in [0.05, 0.1) is 12.3 Å². The highest BCUT2D eigenvalue weighted by Crippen LogP contribution is 2.15. The zero-order valence-electron chi connectivity index (χ0n) is 8.27. The molecule has 0 saturated heterocycles. The van der Waals surface area contributed by atoms with E-state index in [4.69, 9.17) is 10.5 Å². The SMILES string of the molecule is CCOc1nc(N)nc(-c2ccc[nH]2)n1. The van der Waals surface area contributed by atoms with E-state index < -0.39 is 0 Å². The lowest BCUT2D eigenvalue weighted by atomic mass is 10.4. The molecular weight excluding hydrogens is 194 g/mol. The highest BCUT2D eigenvalue weighted by atomic mass is 16.5. The quantitative estimate of drug-likeness (QED) is 0.775. The second kappa shape index (κ2) is 3.95. The second-order valence-electron chi connectivity index (χ2n) is 2.82. The minimum absolute atomic E-state index is 0.151. The van der Waals surface area contributed by atoms with E-state index in [9.17, 15) is 0 Å². The standard InChI is InChI=1S/C9H11N5O/c1-2-15-9-13-7(12-8(10)14-9)6-4-3-5-11-6/h3-5,11H,2H2,1H3,(H2,10,12,13,14). The number of aromatic amines is 1. The summed E-state index contributed by atoms with van der Waals surface area (Å²) in [5.41, 5.74) is 6.32. The summed E-state index contributed by atoms with van der Waals surface area (Å²) in [5, 5.41) is 0. The van der Waals surface area contributed by atoms with Gasteiger partial charge in [0, 0.05) is 6.20 Å². The summed E-state index contributed by atoms with van der Waals surface area (Å²) in [6.07, 6.45) is 1.79. The van der Waals surface area contributed by atoms with E-state index >= 15 is 0 Å². The Labute approximate surface area is 86.5 Å². The largest absolute Gasteiger partial charge is 0.464 e. The molecule has 2 aromatic heterocycles. The van der Waals surface area contributed by atoms with Crippen LogP contribution in [-0.4, -0.2) is 26.5 Å². The Morgan fingerprint density at radius 1 is 1.40 bits per heavy atom. The van der Waals surface area contributed by atoms with Crippen molar-refractivity contribution in [3.63, 3.8) is 0 Å². The number of aromatic nitrogens is 4. The first-order chi connectivity index (χ1) is 7.29. The number of nitrogens with zero attached hydrogens (tertiary/aromatic N) is 3. The predicted octanol–water partition coefficient (Wildman–Crippen LogP) is 0.848. The summed E-state index contributed by atoms with van der Waals surface area (Å²) < 4.78 is 5.17. The Morgan fingerprint density at radius 3 is 2.93 bits per heavy atom. The Balaban J connectivity index is 2.40. The number of hydrogen-bond donors (Lipinski definition) is 2. The van der Waals surface area contributed by atoms with Gasteiger partial charge in [-0.25, -0.2) is 0 Å². The molecule has 0 spiro atoms. The van der Waals surface area contributed by atoms with Crippen LogP contribution in [0.3, 0.4) is 0 Å². The van der Waals surface area contributed by atoms with Gasteiger partial charge >= 0.3 is 6.01 Å². The van der Waals surface area contributed by atoms with Crippen molar-refractivity contribution >= 4 is 5.95 Å². The van der Waals surface area contributed by atoms with Crippen LogP contribution < -0.4 is 10.5 Å². The van der Waals surface area contributed by atoms with Gasteiger partial charge in [-0.1, -0.05) is 0 Å². The van der Waals surface area contributed by atoms with Crippen LogP contribution in [0.15, 0.2) is 18.3 Å². The number of hydrogen-bond acceptors (Lipinski definition) is 5. The van der Waals surface area contributed by atoms with Crippen LogP contribution >= 0.6 is 0 Å². The molecule has 2 rings (SSSR count). The maximum Gasteiger partial charge on any atom is 0.321 e. The van der Waals surface area contributed by atoms with E-state index in [1.165, 1.54) is 0 Å². The molecule has 2 heterocycles. The highest BCUT2D eigenvalue weighted by molar-refractivity contribution is 5.50. The molecule has 0 aliphatic rings. The first-order valence-corrected chi connectivity index (χ1v) is 4.57. The average molecular weight is 205 g/mol. The van der Waals surface area contributed by atoms with Gasteiger partial charge in [0.15, 0.2) is 5.82 Å². The molecule has 2 aromatic rings. The molecule has 15 heavy (non-hydrogen) atoms. The Morgan fingerprint density at radius 2 is 2.27 bits per heavy atom. The van der Waals surface area contributed by atoms with Gasteiger partial charge in [-0.2, -0.15) is 15.0 Å². The molecule has 0 radical (unpaired) electrons. The normalized spacial score (nSPS) is 10.2. The molecule has 0 saturated carbocycles. The maximum atomic E-state index is 5.54. The van der Waals surface area contributed by atoms with Crippen molar-refractivity contribution in [2.24, 2.45) is 0 Å². The van der Waals surface area contributed by atoms with E-state index in [1.54, 1.807) is 6.20 Å². The fraction of sp³-hybridized carbons (Fsp3) is 0.222. The maximum absolute atomic E-state index is 5.54. The smallest absolute Gasteiger partial charge is 0.321 e. The molecule has 6 nitrogen and oxygen atoms in total. The number of nitrogens with two attached hydrogens (primary N) is 1. The Hall–Kier alpha value is -2.11. The molecule has 0 aliphatic heterocycles. The molecular formula is C9H11N5O. The van der Waals surface area contributed by atoms with Crippen LogP contribution in [0.25, 0.3) is 11.5 Å². The molecule has 0 aliphatic carbocycles. The predicted molar refractivity (Wildman–Crippen MR) is 55.2 cm³/mol. The van der Waals surface area contributed by atoms with Crippen molar-refractivity contribution < 1.29 is 4.74 Å². The number of nitrogen functional groups attached to an aromatic ring is 1. The third-order valence-electron chi connectivity index (χ3n) is 1.74. The van der Waals surface area contributed by atoms with Crippen molar-refractivity contribution in [3.8, 4) is 17.5 Å². The van der Waals surface area contributed by atoms with Crippen LogP contribution in [0.1, 0.15) is 6.92 Å². The summed E-state index contributed by atoms with van der Waals surface area (Å²) >= 11 is 0. The first kappa shape index (κ1) is 9.45. The third-order valence-corrected chi connectivity index (χ3v) is 1.74. The number of anilines is 1. The molecule has 0 bridgehead atoms. The van der Waals surface area contributed by atoms with Gasteiger partial charge in [-0.15, -0.1) is 0 Å². The Kier molecular flexibility index (Phi) is 2.49. The molecule has 0 amide bonds. The first-order valence-electron chi connectivity index (χ1n) is 4.57. The lowest BCUT2D eigenvalue weighted by molar-refractivity contribution is 0.312. The van der Waals surface area contributed by atoms with Gasteiger partial charge in [0.25, 0.3) is 0 Å². The number of nitrogens with one attached hydrogen (secondary N) is 1. The topological polar surface area (TPSA) is 89.7 Å². The molecule has 78 valence electrons. The number of ether oxygens (including phenoxy) is 1. The highest BCUT2D eigenvalue weighted by Gasteiger charge is 2.07. The summed E-state index contributed by atoms with van der Waals surface area (Å²) in [6, 6.07) is 3.95. The zero-order valence-corrected chi connectivity index (χ0v) is 8.27. The summed E-state index contributed by atoms with van der Waals surface area (Å²) in [4.78, 5) is 15.0. The van der Waals surface area contributed by atoms with Crippen LogP contribution in [-0.2, 0) is 0 Å². The van der Waals surface area contributed by atoms with E-state index in [0.29, 0.717) is 12.4 Å². The molecule has 0 atom stereocenters. The molecule has 0 fully saturated rings. The van der Waals surface area contributed by atoms with E-state index in [-0.39, 0.29) is 12.0 Å². The van der Waals surface area contributed by atoms with Gasteiger partial charge < -0.3 is 15.5 Å². The fourth-order valence-electron chi connectivity index (χ4n) is 1.16. The van der Waals surface area contributed by atoms with Crippen molar-refractivity contribution in [2.75, 3.05) is 12.3 Å². The van der Waals surface area contributed by atoms with Crippen LogP contribution in [0.5, 0.6) is 6.01 Å². The van der Waals surface area contributed by atoms with Crippen LogP contribution in [0.4, 0.5) is 5.95 Å². The lowest BCUT2D eigenvalue weighted by Gasteiger charge is -2.03. The van der Waals surface area contributed by atoms with Crippen molar-refractivity contribution in [1.29, 1.82) is 0 Å². The minimum atomic E-state index is 0.151. The Bertz CT molecular complexity index is 440. The van der Waals surface area contributed by atoms with Gasteiger partial charge in [-0.3, -0.25) is 0 Å². The average Bonchev–Trinajstić information content (AvgIpc) is 2.70. The van der Waals surface area contributed by atoms with Crippen molar-refractivity contribution in [3.05, 3.63) is 18.3 Å². The van der Waals surface area contributed by atoms with Crippen LogP contribution in [0.2, 0.25) is 0 Å². The van der Waals surface area contributed by atoms with Gasteiger partial charge in [0.1, 0.15) is 0 Å². The monoisotopic (exact) mass is 205 g/mol. The lowest BCUT2D eigenvalue weighted by Crippen LogP contribution is -2.04. The number of H-pyrrole nitrogens is 1. The summed E-state index contributed by atoms with van der Waals surface area (Å²) in [6.45, 7) is 2.35. The second-order valence-corrected chi connectivity index (χ2v) is 2.82. The van der Waals surface area contributed by atoms with Crippen LogP contribution in [0, 0.1) is 0 Å². The van der Waals surface area contributed by atoms with E-state index in [1.807, 2.05) is 19.1 Å². The molecule has 0 unspecified atom stereocenters. The van der Waals surface area contributed by atoms with Crippen molar-refractivity contribution in [2.45, 2.75) is 6.92 Å². The molecule has 3 N–H and O–H groups in total. The summed E-state index contributed by atoms with van der Waals surface area (Å²) in [5.74, 6) is 0.633. The third kappa shape index (κ3) is 2.04. The van der Waals surface area contributed by atoms with Gasteiger partial charge in [0.2, 0.25) is 5.95 Å². The van der Waals surface area contributed by atoms with Gasteiger partial charge in [-0.05, 0) is 19.1 Å². The zero-order chi connectivity index (χ0) is 10.7. The van der Waals surface area contributed by atoms with E-state index in [2.05, 4.69) is 19.9 Å². The van der Waals surface area contributed by atoms with Crippen molar-refractivity contribution in [1.82, 2.24) is 19.9 Å². The minimum Gasteiger partial charge on any atom is -0.464 e. The van der Waals surface area contributed by atoms with E-state index in [0.717, 1.165) is 5.69 Å². The summed E-state index contributed by atoms with van der Waals surface area (Å²) in [7, 11) is 0.